The molecule has 0 aliphatic carbocycles. The van der Waals surface area contributed by atoms with Crippen LogP contribution in [0, 0.1) is 0 Å². The van der Waals surface area contributed by atoms with Gasteiger partial charge in [0.05, 0.1) is 33.0 Å². The van der Waals surface area contributed by atoms with Gasteiger partial charge < -0.3 is 23.3 Å². The van der Waals surface area contributed by atoms with E-state index in [0.717, 1.165) is 11.1 Å². The summed E-state index contributed by atoms with van der Waals surface area (Å²) in [6.45, 7) is 4.30. The molecule has 0 saturated heterocycles. The van der Waals surface area contributed by atoms with E-state index in [2.05, 4.69) is 0 Å². The summed E-state index contributed by atoms with van der Waals surface area (Å²) in [4.78, 5) is 13.3. The molecule has 0 bridgehead atoms. The van der Waals surface area contributed by atoms with Crippen LogP contribution in [0.4, 0.5) is 0 Å². The number of hydrogen-bond acceptors (Lipinski definition) is 7. The van der Waals surface area contributed by atoms with Crippen LogP contribution in [0.5, 0.6) is 0 Å². The fourth-order valence-electron chi connectivity index (χ4n) is 3.25. The van der Waals surface area contributed by atoms with Gasteiger partial charge in [0.1, 0.15) is 11.6 Å². The van der Waals surface area contributed by atoms with Gasteiger partial charge >= 0.3 is 7.60 Å². The molecule has 2 atom stereocenters. The Kier molecular flexibility index (Phi) is 9.21. The largest absolute Gasteiger partial charge is 0.491 e. The second-order valence-corrected chi connectivity index (χ2v) is 9.09. The molecule has 0 fully saturated rings. The van der Waals surface area contributed by atoms with Gasteiger partial charge in [-0.15, -0.1) is 0 Å². The Balaban J connectivity index is 1.76. The minimum absolute atomic E-state index is 0.122. The van der Waals surface area contributed by atoms with E-state index in [1.807, 2.05) is 60.7 Å². The Morgan fingerprint density at radius 3 is 2.00 bits per heavy atom. The molecule has 3 rings (SSSR count). The molecule has 32 heavy (non-hydrogen) atoms. The summed E-state index contributed by atoms with van der Waals surface area (Å²) in [5, 5.41) is -0.140. The lowest BCUT2D eigenvalue weighted by Gasteiger charge is -2.32. The highest BCUT2D eigenvalue weighted by molar-refractivity contribution is 7.60. The quantitative estimate of drug-likeness (QED) is 0.418. The molecule has 0 saturated carbocycles. The Bertz CT molecular complexity index is 920. The van der Waals surface area contributed by atoms with E-state index in [4.69, 9.17) is 23.3 Å². The molecular formula is C24H29O7P. The summed E-state index contributed by atoms with van der Waals surface area (Å²) in [6, 6.07) is 19.2. The Hall–Kier alpha value is -2.28. The number of rotatable bonds is 12. The van der Waals surface area contributed by atoms with Crippen LogP contribution in [0.3, 0.4) is 0 Å². The summed E-state index contributed by atoms with van der Waals surface area (Å²) >= 11 is 0. The topological polar surface area (TPSA) is 80.3 Å². The maximum atomic E-state index is 13.3. The lowest BCUT2D eigenvalue weighted by atomic mass is 10.1. The van der Waals surface area contributed by atoms with Gasteiger partial charge in [0.15, 0.2) is 12.2 Å². The standard InChI is InChI=1S/C24H29O7P/c1-3-30-32(26,31-4-2)22-18-28-21(17-27-15-19-11-7-5-8-12-19)24(23(22)25)29-16-20-13-9-6-10-14-20/h5-14,18,21,24H,3-4,15-17H2,1-2H3/t21-,24+/m1/s1. The maximum Gasteiger partial charge on any atom is 0.368 e. The molecule has 0 amide bonds. The van der Waals surface area contributed by atoms with Crippen molar-refractivity contribution in [2.75, 3.05) is 19.8 Å². The number of ketones is 1. The zero-order valence-corrected chi connectivity index (χ0v) is 19.2. The first-order valence-corrected chi connectivity index (χ1v) is 12.2. The lowest BCUT2D eigenvalue weighted by Crippen LogP contribution is -2.44. The molecule has 2 aromatic carbocycles. The first kappa shape index (κ1) is 24.4. The lowest BCUT2D eigenvalue weighted by molar-refractivity contribution is -0.144. The van der Waals surface area contributed by atoms with Gasteiger partial charge in [-0.25, -0.2) is 0 Å². The number of hydrogen-bond donors (Lipinski definition) is 0. The van der Waals surface area contributed by atoms with Crippen molar-refractivity contribution in [3.63, 3.8) is 0 Å². The first-order valence-electron chi connectivity index (χ1n) is 10.6. The van der Waals surface area contributed by atoms with Crippen LogP contribution in [-0.2, 0) is 45.8 Å². The Labute approximate surface area is 188 Å². The normalized spacial score (nSPS) is 18.8. The third-order valence-electron chi connectivity index (χ3n) is 4.76. The van der Waals surface area contributed by atoms with Crippen molar-refractivity contribution in [3.8, 4) is 0 Å². The van der Waals surface area contributed by atoms with Crippen molar-refractivity contribution in [2.24, 2.45) is 0 Å². The molecule has 2 aromatic rings. The van der Waals surface area contributed by atoms with Gasteiger partial charge in [-0.3, -0.25) is 9.36 Å². The van der Waals surface area contributed by atoms with Crippen LogP contribution < -0.4 is 0 Å². The zero-order chi connectivity index (χ0) is 22.8. The van der Waals surface area contributed by atoms with E-state index in [1.165, 1.54) is 6.26 Å². The monoisotopic (exact) mass is 460 g/mol. The van der Waals surface area contributed by atoms with Crippen molar-refractivity contribution < 1.29 is 32.6 Å². The number of Topliss-reactive ketones (excluding diaryl/α,β-unsaturated/α-hetero) is 1. The Morgan fingerprint density at radius 2 is 1.44 bits per heavy atom. The molecule has 1 aliphatic rings. The molecule has 8 heteroatoms. The molecular weight excluding hydrogens is 431 g/mol. The predicted octanol–water partition coefficient (Wildman–Crippen LogP) is 4.86. The summed E-state index contributed by atoms with van der Waals surface area (Å²) in [7, 11) is -3.82. The van der Waals surface area contributed by atoms with Gasteiger partial charge in [-0.2, -0.15) is 0 Å². The molecule has 0 aromatic heterocycles. The Morgan fingerprint density at radius 1 is 0.875 bits per heavy atom. The van der Waals surface area contributed by atoms with E-state index in [-0.39, 0.29) is 31.7 Å². The van der Waals surface area contributed by atoms with Crippen LogP contribution in [0.15, 0.2) is 72.2 Å². The van der Waals surface area contributed by atoms with Crippen LogP contribution in [0.1, 0.15) is 25.0 Å². The van der Waals surface area contributed by atoms with Gasteiger partial charge in [0.2, 0.25) is 5.78 Å². The third kappa shape index (κ3) is 6.37. The van der Waals surface area contributed by atoms with Crippen molar-refractivity contribution in [1.82, 2.24) is 0 Å². The SMILES string of the molecule is CCOP(=O)(OCC)C1=CO[C@H](COCc2ccccc2)[C@H](OCc2ccccc2)C1=O. The molecule has 0 radical (unpaired) electrons. The van der Waals surface area contributed by atoms with E-state index in [1.54, 1.807) is 13.8 Å². The van der Waals surface area contributed by atoms with Crippen molar-refractivity contribution in [3.05, 3.63) is 83.4 Å². The van der Waals surface area contributed by atoms with Crippen molar-refractivity contribution in [1.29, 1.82) is 0 Å². The molecule has 7 nitrogen and oxygen atoms in total. The second-order valence-electron chi connectivity index (χ2n) is 7.09. The molecule has 1 aliphatic heterocycles. The fraction of sp³-hybridized carbons (Fsp3) is 0.375. The third-order valence-corrected chi connectivity index (χ3v) is 6.87. The highest BCUT2D eigenvalue weighted by Crippen LogP contribution is 2.57. The van der Waals surface area contributed by atoms with Crippen molar-refractivity contribution in [2.45, 2.75) is 39.3 Å². The molecule has 0 spiro atoms. The number of benzene rings is 2. The summed E-state index contributed by atoms with van der Waals surface area (Å²) < 4.78 is 41.4. The summed E-state index contributed by atoms with van der Waals surface area (Å²) in [6.07, 6.45) is -0.538. The van der Waals surface area contributed by atoms with Gasteiger partial charge in [-0.1, -0.05) is 60.7 Å². The average Bonchev–Trinajstić information content (AvgIpc) is 2.80. The van der Waals surface area contributed by atoms with Gasteiger partial charge in [0.25, 0.3) is 0 Å². The highest BCUT2D eigenvalue weighted by atomic mass is 31.2. The van der Waals surface area contributed by atoms with Crippen LogP contribution in [0.2, 0.25) is 0 Å². The van der Waals surface area contributed by atoms with Crippen molar-refractivity contribution >= 4 is 13.4 Å². The number of carbonyl (C=O) groups is 1. The molecule has 172 valence electrons. The smallest absolute Gasteiger partial charge is 0.368 e. The van der Waals surface area contributed by atoms with Crippen LogP contribution >= 0.6 is 7.60 Å². The second kappa shape index (κ2) is 12.1. The van der Waals surface area contributed by atoms with E-state index >= 15 is 0 Å². The van der Waals surface area contributed by atoms with Gasteiger partial charge in [-0.05, 0) is 25.0 Å². The molecule has 0 N–H and O–H groups in total. The number of ether oxygens (including phenoxy) is 3. The molecule has 1 heterocycles. The predicted molar refractivity (Wildman–Crippen MR) is 120 cm³/mol. The zero-order valence-electron chi connectivity index (χ0n) is 18.3. The van der Waals surface area contributed by atoms with E-state index in [9.17, 15) is 9.36 Å². The molecule has 0 unspecified atom stereocenters. The summed E-state index contributed by atoms with van der Waals surface area (Å²) in [5.74, 6) is -0.481. The van der Waals surface area contributed by atoms with Gasteiger partial charge in [0, 0.05) is 0 Å². The number of carbonyl (C=O) groups excluding carboxylic acids is 1. The minimum atomic E-state index is -3.82. The van der Waals surface area contributed by atoms with Crippen LogP contribution in [-0.4, -0.2) is 37.8 Å². The first-order chi connectivity index (χ1) is 15.6. The minimum Gasteiger partial charge on any atom is -0.491 e. The maximum absolute atomic E-state index is 13.3. The fourth-order valence-corrected chi connectivity index (χ4v) is 4.87. The van der Waals surface area contributed by atoms with E-state index in [0.29, 0.717) is 6.61 Å². The average molecular weight is 460 g/mol. The van der Waals surface area contributed by atoms with E-state index < -0.39 is 25.6 Å². The van der Waals surface area contributed by atoms with Crippen LogP contribution in [0.25, 0.3) is 0 Å². The highest BCUT2D eigenvalue weighted by Gasteiger charge is 2.45. The summed E-state index contributed by atoms with van der Waals surface area (Å²) in [5.41, 5.74) is 1.91.